The van der Waals surface area contributed by atoms with E-state index in [0.717, 1.165) is 86.9 Å². The lowest BCUT2D eigenvalue weighted by molar-refractivity contribution is -0.890. The molecule has 21 N–H and O–H groups in total. The van der Waals surface area contributed by atoms with E-state index in [1.54, 1.807) is 0 Å². The number of hydrogen-bond donors (Lipinski definition) is 20. The third-order valence-corrected chi connectivity index (χ3v) is 24.3. The van der Waals surface area contributed by atoms with Crippen LogP contribution in [0.15, 0.2) is 109 Å². The molecule has 0 radical (unpaired) electrons. The zero-order valence-corrected chi connectivity index (χ0v) is 75.1. The molecule has 14 atom stereocenters. The number of hydrogen-bond acceptors (Lipinski definition) is 27. The van der Waals surface area contributed by atoms with Crippen molar-refractivity contribution < 1.29 is 112 Å². The molecular weight excluding hydrogens is 1720 g/mol. The van der Waals surface area contributed by atoms with E-state index in [0.29, 0.717) is 43.4 Å². The van der Waals surface area contributed by atoms with Gasteiger partial charge in [0.25, 0.3) is 5.91 Å². The Morgan fingerprint density at radius 2 is 1.05 bits per heavy atom. The maximum Gasteiger partial charge on any atom is 0.252 e. The minimum absolute atomic E-state index is 0.0245. The maximum absolute atomic E-state index is 17.0. The second-order valence-corrected chi connectivity index (χ2v) is 35.4. The van der Waals surface area contributed by atoms with Gasteiger partial charge in [0.2, 0.25) is 53.4 Å². The molecule has 700 valence electrons. The van der Waals surface area contributed by atoms with E-state index in [1.807, 2.05) is 38.0 Å². The quantitative estimate of drug-likeness (QED) is 0.0180. The number of likely N-dealkylation sites (N-methyl/N-ethyl adjacent to an activating group) is 1. The van der Waals surface area contributed by atoms with Gasteiger partial charge in [0.15, 0.2) is 29.1 Å². The van der Waals surface area contributed by atoms with E-state index < -0.39 is 211 Å². The Balaban J connectivity index is 1.07. The molecule has 1 fully saturated rings. The Kier molecular flexibility index (Phi) is 32.7. The normalized spacial score (nSPS) is 22.8. The number of carbonyl (C=O) groups excluding carboxylic acids is 8. The zero-order valence-electron chi connectivity index (χ0n) is 73.6. The minimum atomic E-state index is -2.42. The predicted octanol–water partition coefficient (Wildman–Crippen LogP) is 6.32. The Morgan fingerprint density at radius 3 is 1.65 bits per heavy atom. The van der Waals surface area contributed by atoms with Crippen molar-refractivity contribution in [3.63, 3.8) is 0 Å². The molecule has 15 bridgehead atoms. The number of nitrogens with one attached hydrogen (secondary N) is 10. The van der Waals surface area contributed by atoms with Crippen LogP contribution in [-0.4, -0.2) is 245 Å². The topological polar surface area (TPSA) is 518 Å². The molecule has 1 saturated heterocycles. The molecule has 0 aromatic heterocycles. The van der Waals surface area contributed by atoms with Crippen molar-refractivity contribution in [2.75, 3.05) is 95.1 Å². The highest BCUT2D eigenvalue weighted by Crippen LogP contribution is 2.52. The fourth-order valence-corrected chi connectivity index (χ4v) is 17.0. The summed E-state index contributed by atoms with van der Waals surface area (Å²) >= 11 is 14.5. The summed E-state index contributed by atoms with van der Waals surface area (Å²) in [5, 5.41) is 137. The number of phenolic OH excluding ortho intramolecular Hbond substituents is 5. The summed E-state index contributed by atoms with van der Waals surface area (Å²) in [6.07, 6.45) is -0.250. The molecule has 0 saturated carbocycles. The Hall–Kier alpha value is -11.4. The number of ether oxygens (including phenoxy) is 5. The molecule has 7 aromatic rings. The van der Waals surface area contributed by atoms with Crippen LogP contribution in [0.25, 0.3) is 11.1 Å². The van der Waals surface area contributed by atoms with Crippen molar-refractivity contribution in [1.82, 2.24) is 63.0 Å². The molecule has 7 aliphatic rings. The van der Waals surface area contributed by atoms with Crippen molar-refractivity contribution in [2.45, 2.75) is 176 Å². The third kappa shape index (κ3) is 23.3. The van der Waals surface area contributed by atoms with E-state index in [2.05, 4.69) is 74.2 Å². The molecule has 130 heavy (non-hydrogen) atoms. The number of halogens is 2. The summed E-state index contributed by atoms with van der Waals surface area (Å²) in [5.74, 6) is -16.2. The predicted molar refractivity (Wildman–Crippen MR) is 479 cm³/mol. The number of benzene rings is 7. The molecule has 14 unspecified atom stereocenters. The molecule has 38 heteroatoms. The number of quaternary nitrogens is 1. The molecule has 8 amide bonds. The van der Waals surface area contributed by atoms with Crippen molar-refractivity contribution in [2.24, 2.45) is 5.73 Å². The van der Waals surface area contributed by atoms with Gasteiger partial charge in [-0.3, -0.25) is 38.4 Å². The lowest BCUT2D eigenvalue weighted by atomic mass is 9.85. The number of rotatable bonds is 29. The highest BCUT2D eigenvalue weighted by molar-refractivity contribution is 6.32. The Morgan fingerprint density at radius 1 is 0.508 bits per heavy atom. The smallest absolute Gasteiger partial charge is 0.252 e. The number of aliphatic hydroxyl groups is 4. The number of aliphatic hydroxyl groups excluding tert-OH is 4. The summed E-state index contributed by atoms with van der Waals surface area (Å²) in [6.45, 7) is 4.97. The van der Waals surface area contributed by atoms with Crippen LogP contribution in [0.4, 0.5) is 0 Å². The maximum atomic E-state index is 17.0. The largest absolute Gasteiger partial charge is 0.508 e. The first-order valence-electron chi connectivity index (χ1n) is 43.6. The van der Waals surface area contributed by atoms with Crippen molar-refractivity contribution in [3.8, 4) is 80.1 Å². The first-order chi connectivity index (χ1) is 62.0. The monoisotopic (exact) mass is 1840 g/mol. The molecule has 36 nitrogen and oxygen atoms in total. The first-order valence-corrected chi connectivity index (χ1v) is 44.3. The lowest BCUT2D eigenvalue weighted by Crippen LogP contribution is -2.65. The Bertz CT molecular complexity index is 5300. The average Bonchev–Trinajstić information content (AvgIpc) is 1.17. The zero-order chi connectivity index (χ0) is 93.7. The summed E-state index contributed by atoms with van der Waals surface area (Å²) in [5.41, 5.74) is 3.59. The number of nitrogens with two attached hydrogens (primary N) is 1. The van der Waals surface area contributed by atoms with Gasteiger partial charge in [-0.2, -0.15) is 0 Å². The molecule has 14 rings (SSSR count). The molecular formula is C92H117Cl2N14O22+. The number of amides is 8. The van der Waals surface area contributed by atoms with Crippen LogP contribution in [0.3, 0.4) is 0 Å². The summed E-state index contributed by atoms with van der Waals surface area (Å²) < 4.78 is 33.3. The third-order valence-electron chi connectivity index (χ3n) is 23.7. The second-order valence-electron chi connectivity index (χ2n) is 34.5. The molecule has 0 spiro atoms. The van der Waals surface area contributed by atoms with Gasteiger partial charge in [0, 0.05) is 49.8 Å². The van der Waals surface area contributed by atoms with Gasteiger partial charge >= 0.3 is 0 Å². The van der Waals surface area contributed by atoms with Gasteiger partial charge in [0.1, 0.15) is 107 Å². The van der Waals surface area contributed by atoms with Crippen LogP contribution in [0.1, 0.15) is 171 Å². The van der Waals surface area contributed by atoms with Gasteiger partial charge in [0.05, 0.1) is 48.8 Å². The number of aromatic hydroxyl groups is 5. The number of carbonyl (C=O) groups is 8. The van der Waals surface area contributed by atoms with Crippen molar-refractivity contribution in [1.29, 1.82) is 0 Å². The summed E-state index contributed by atoms with van der Waals surface area (Å²) in [6, 6.07) is 4.56. The summed E-state index contributed by atoms with van der Waals surface area (Å²) in [7, 11) is 13.0. The van der Waals surface area contributed by atoms with Crippen LogP contribution < -0.4 is 77.8 Å². The summed E-state index contributed by atoms with van der Waals surface area (Å²) in [4.78, 5) is 129. The van der Waals surface area contributed by atoms with Gasteiger partial charge in [-0.05, 0) is 186 Å². The van der Waals surface area contributed by atoms with Crippen molar-refractivity contribution in [3.05, 3.63) is 164 Å². The second kappa shape index (κ2) is 43.6. The van der Waals surface area contributed by atoms with E-state index in [4.69, 9.17) is 52.6 Å². The standard InChI is InChI=1S/C92H116Cl2N14O22/c1-9-10-11-12-13-14-15-16-17-35-108(7,8)36-21-30-97-46-56-61(112)45-55-68(79(56)115)67-54(22-18-23-60(67)111)73-88(122)105-76(90(124)103-74(55)84(118)98-31-19-33-106(3)4)78(114)49-26-29-63(58(94)40-49)128-66-43-51-42-65(82(66)129-92-69(95)80(116)81(117)83(130-92)91(125)99-32-20-34-107(5)6)127-62-28-25-48(39-57(62)93)77(113)75-89(123)101-71(86(120)100-72(51)87(121)102-73)50-37-52(109)44-53(38-50)126-64-41-47(24-27-59(64)110)70(96-2)85(119)104-75/h18,22-29,37-45,69-78,80-81,83,92,96-97,113-114,116-117H,9-17,19-21,30-36,46,95H2,1-8H3,(H12-,98,99,100,101,102,103,104,105,109,110,111,112,115,118,119,120,121,122,123,124,125)/p+1. The van der Waals surface area contributed by atoms with Gasteiger partial charge in [-0.1, -0.05) is 105 Å². The molecule has 0 aliphatic carbocycles. The number of nitrogens with zero attached hydrogens (tertiary/aromatic N) is 3. The van der Waals surface area contributed by atoms with Crippen LogP contribution in [-0.2, 0) is 49.6 Å². The molecule has 7 aromatic carbocycles. The number of fused-ring (bicyclic) bond motifs is 13. The van der Waals surface area contributed by atoms with Gasteiger partial charge in [-0.15, -0.1) is 0 Å². The SMILES string of the molecule is CCCCCCCCCCC[N+](C)(C)CCCNCc1c(O)cc2c(c1O)-c1c(O)cccc1C1NC(=O)C3NC(=O)C4NC(=O)C(NC(=O)C(NC)c5ccc(O)c(c5)Oc5cc(O)cc4c5)C(O)c4ccc(c(Cl)c4)Oc4cc3cc(c4OC3OC(C(=O)NCCCN(C)C)C(O)C(O)C3N)Oc3ccc(cc3Cl)C(O)C(NC1=O)C(=O)NC2C(=O)NCCCN(C)C. The lowest BCUT2D eigenvalue weighted by Gasteiger charge is -2.40. The highest BCUT2D eigenvalue weighted by Gasteiger charge is 2.49. The first kappa shape index (κ1) is 97.7. The van der Waals surface area contributed by atoms with Crippen LogP contribution in [0, 0.1) is 0 Å². The Labute approximate surface area is 762 Å². The van der Waals surface area contributed by atoms with Crippen LogP contribution >= 0.6 is 23.2 Å². The van der Waals surface area contributed by atoms with Crippen LogP contribution in [0.2, 0.25) is 10.0 Å². The highest BCUT2D eigenvalue weighted by atomic mass is 35.5. The van der Waals surface area contributed by atoms with Gasteiger partial charge in [-0.25, -0.2) is 0 Å². The fraction of sp³-hybridized carbons (Fsp3) is 0.457. The number of phenols is 5. The van der Waals surface area contributed by atoms with E-state index >= 15 is 28.8 Å². The molecule has 7 aliphatic heterocycles. The van der Waals surface area contributed by atoms with Crippen LogP contribution in [0.5, 0.6) is 69.0 Å². The van der Waals surface area contributed by atoms with Crippen molar-refractivity contribution >= 4 is 70.5 Å². The van der Waals surface area contributed by atoms with E-state index in [1.165, 1.54) is 100 Å². The average molecular weight is 1840 g/mol. The number of unbranched alkanes of at least 4 members (excludes halogenated alkanes) is 8. The fourth-order valence-electron chi connectivity index (χ4n) is 16.6. The minimum Gasteiger partial charge on any atom is -0.508 e. The van der Waals surface area contributed by atoms with E-state index in [-0.39, 0.29) is 75.5 Å². The van der Waals surface area contributed by atoms with E-state index in [9.17, 15) is 55.5 Å². The molecule has 7 heterocycles. The van der Waals surface area contributed by atoms with Gasteiger partial charge < -0.3 is 143 Å².